The lowest BCUT2D eigenvalue weighted by Gasteiger charge is -2.20. The van der Waals surface area contributed by atoms with Crippen molar-refractivity contribution >= 4 is 34.1 Å². The number of thiazole rings is 1. The van der Waals surface area contributed by atoms with Gasteiger partial charge in [0, 0.05) is 24.8 Å². The minimum Gasteiger partial charge on any atom is -0.476 e. The van der Waals surface area contributed by atoms with Crippen LogP contribution >= 0.6 is 11.3 Å². The largest absolute Gasteiger partial charge is 0.476 e. The number of hydrogen-bond donors (Lipinski definition) is 2. The fraction of sp³-hybridized carbons (Fsp3) is 0.400. The summed E-state index contributed by atoms with van der Waals surface area (Å²) >= 11 is 1.09. The minimum atomic E-state index is -1.31. The van der Waals surface area contributed by atoms with Crippen LogP contribution in [-0.4, -0.2) is 39.1 Å². The third-order valence-electron chi connectivity index (χ3n) is 3.85. The zero-order valence-corrected chi connectivity index (χ0v) is 18.5. The average Bonchev–Trinajstić information content (AvgIpc) is 3.18. The zero-order valence-electron chi connectivity index (χ0n) is 17.7. The molecule has 0 spiro atoms. The highest BCUT2D eigenvalue weighted by Gasteiger charge is 2.38. The van der Waals surface area contributed by atoms with Gasteiger partial charge in [0.05, 0.1) is 0 Å². The van der Waals surface area contributed by atoms with Crippen LogP contribution in [0.5, 0.6) is 11.5 Å². The number of esters is 1. The van der Waals surface area contributed by atoms with Gasteiger partial charge >= 0.3 is 11.9 Å². The number of benzene rings is 1. The normalized spacial score (nSPS) is 14.9. The van der Waals surface area contributed by atoms with Crippen LogP contribution in [-0.2, 0) is 21.0 Å². The predicted octanol–water partition coefficient (Wildman–Crippen LogP) is 3.19. The molecule has 1 aliphatic rings. The molecule has 0 atom stereocenters. The number of nitrogen functional groups attached to an aromatic ring is 1. The molecule has 31 heavy (non-hydrogen) atoms. The number of aromatic nitrogens is 1. The topological polar surface area (TPSA) is 143 Å². The Bertz CT molecular complexity index is 1050. The van der Waals surface area contributed by atoms with Crippen molar-refractivity contribution in [1.82, 2.24) is 4.98 Å². The number of anilines is 1. The number of carboxylic acid groups (broad SMARTS) is 1. The van der Waals surface area contributed by atoms with Gasteiger partial charge in [-0.2, -0.15) is 0 Å². The molecule has 0 aliphatic carbocycles. The Labute approximate surface area is 182 Å². The van der Waals surface area contributed by atoms with Crippen molar-refractivity contribution in [1.29, 1.82) is 0 Å². The van der Waals surface area contributed by atoms with E-state index in [0.29, 0.717) is 11.3 Å². The Morgan fingerprint density at radius 3 is 2.52 bits per heavy atom. The van der Waals surface area contributed by atoms with Crippen molar-refractivity contribution in [3.8, 4) is 11.5 Å². The number of carbonyl (C=O) groups is 2. The molecule has 0 amide bonds. The van der Waals surface area contributed by atoms with Gasteiger partial charge in [0.2, 0.25) is 11.5 Å². The highest BCUT2D eigenvalue weighted by Crippen LogP contribution is 2.45. The van der Waals surface area contributed by atoms with Gasteiger partial charge in [-0.3, -0.25) is 0 Å². The van der Waals surface area contributed by atoms with Gasteiger partial charge < -0.3 is 29.9 Å². The molecule has 2 heterocycles. The van der Waals surface area contributed by atoms with E-state index >= 15 is 0 Å². The Kier molecular flexibility index (Phi) is 5.81. The SMILES string of the molecule is CC(C)(C)OC(=O)c1ccc(CO/N=C(\C(=O)O)c2csc(N)n2)c2c1OC(C)(C)O2. The summed E-state index contributed by atoms with van der Waals surface area (Å²) in [5, 5.41) is 14.7. The molecule has 0 saturated carbocycles. The molecule has 0 unspecified atom stereocenters. The first-order valence-corrected chi connectivity index (χ1v) is 10.2. The van der Waals surface area contributed by atoms with Gasteiger partial charge in [0.15, 0.2) is 16.6 Å². The van der Waals surface area contributed by atoms with E-state index in [9.17, 15) is 14.7 Å². The molecule has 0 fully saturated rings. The van der Waals surface area contributed by atoms with Gasteiger partial charge in [-0.15, -0.1) is 11.3 Å². The maximum atomic E-state index is 12.6. The molecule has 2 aromatic rings. The number of hydrogen-bond acceptors (Lipinski definition) is 10. The number of ether oxygens (including phenoxy) is 3. The third kappa shape index (κ3) is 5.23. The van der Waals surface area contributed by atoms with E-state index in [4.69, 9.17) is 24.8 Å². The lowest BCUT2D eigenvalue weighted by molar-refractivity contribution is -0.129. The first kappa shape index (κ1) is 22.3. The summed E-state index contributed by atoms with van der Waals surface area (Å²) in [5.41, 5.74) is 5.32. The van der Waals surface area contributed by atoms with E-state index in [0.717, 1.165) is 11.3 Å². The van der Waals surface area contributed by atoms with E-state index in [1.165, 1.54) is 5.38 Å². The van der Waals surface area contributed by atoms with Crippen molar-refractivity contribution < 1.29 is 33.7 Å². The summed E-state index contributed by atoms with van der Waals surface area (Å²) in [7, 11) is 0. The highest BCUT2D eigenvalue weighted by molar-refractivity contribution is 7.13. The Balaban J connectivity index is 1.87. The third-order valence-corrected chi connectivity index (χ3v) is 4.53. The molecular formula is C20H23N3O7S. The van der Waals surface area contributed by atoms with Crippen LogP contribution in [0.2, 0.25) is 0 Å². The van der Waals surface area contributed by atoms with Gasteiger partial charge in [0.25, 0.3) is 0 Å². The van der Waals surface area contributed by atoms with Crippen molar-refractivity contribution in [3.05, 3.63) is 34.3 Å². The average molecular weight is 449 g/mol. The second-order valence-corrected chi connectivity index (χ2v) is 9.02. The van der Waals surface area contributed by atoms with Gasteiger partial charge in [-0.25, -0.2) is 14.6 Å². The minimum absolute atomic E-state index is 0.0984. The van der Waals surface area contributed by atoms with Crippen LogP contribution in [0.3, 0.4) is 0 Å². The molecular weight excluding hydrogens is 426 g/mol. The summed E-state index contributed by atoms with van der Waals surface area (Å²) in [4.78, 5) is 33.2. The molecule has 11 heteroatoms. The van der Waals surface area contributed by atoms with E-state index in [1.54, 1.807) is 46.8 Å². The Morgan fingerprint density at radius 2 is 1.94 bits per heavy atom. The first-order chi connectivity index (χ1) is 14.4. The number of carboxylic acids is 1. The second kappa shape index (κ2) is 8.06. The summed E-state index contributed by atoms with van der Waals surface area (Å²) in [6, 6.07) is 3.15. The number of carbonyl (C=O) groups excluding carboxylic acids is 1. The van der Waals surface area contributed by atoms with Crippen molar-refractivity contribution in [2.24, 2.45) is 5.16 Å². The number of oxime groups is 1. The molecule has 3 rings (SSSR count). The van der Waals surface area contributed by atoms with Crippen LogP contribution in [0.4, 0.5) is 5.13 Å². The van der Waals surface area contributed by atoms with Gasteiger partial charge in [-0.1, -0.05) is 11.2 Å². The van der Waals surface area contributed by atoms with Crippen LogP contribution in [0.1, 0.15) is 56.2 Å². The fourth-order valence-corrected chi connectivity index (χ4v) is 3.24. The maximum absolute atomic E-state index is 12.6. The Hall–Kier alpha value is -3.34. The summed E-state index contributed by atoms with van der Waals surface area (Å²) in [6.45, 7) is 8.56. The molecule has 1 aromatic carbocycles. The van der Waals surface area contributed by atoms with Crippen LogP contribution in [0.25, 0.3) is 0 Å². The smallest absolute Gasteiger partial charge is 0.360 e. The van der Waals surface area contributed by atoms with E-state index in [2.05, 4.69) is 10.1 Å². The van der Waals surface area contributed by atoms with Crippen LogP contribution < -0.4 is 15.2 Å². The molecule has 0 bridgehead atoms. The van der Waals surface area contributed by atoms with Crippen LogP contribution in [0.15, 0.2) is 22.7 Å². The maximum Gasteiger partial charge on any atom is 0.360 e. The van der Waals surface area contributed by atoms with E-state index in [1.807, 2.05) is 0 Å². The quantitative estimate of drug-likeness (QED) is 0.386. The summed E-state index contributed by atoms with van der Waals surface area (Å²) in [6.07, 6.45) is 0. The first-order valence-electron chi connectivity index (χ1n) is 9.28. The number of fused-ring (bicyclic) bond motifs is 1. The van der Waals surface area contributed by atoms with Crippen molar-refractivity contribution in [2.75, 3.05) is 5.73 Å². The summed E-state index contributed by atoms with van der Waals surface area (Å²) < 4.78 is 17.1. The molecule has 10 nitrogen and oxygen atoms in total. The van der Waals surface area contributed by atoms with Gasteiger partial charge in [0.1, 0.15) is 23.5 Å². The molecule has 0 radical (unpaired) electrons. The predicted molar refractivity (Wildman–Crippen MR) is 112 cm³/mol. The Morgan fingerprint density at radius 1 is 1.26 bits per heavy atom. The zero-order chi connectivity index (χ0) is 23.0. The molecule has 166 valence electrons. The summed E-state index contributed by atoms with van der Waals surface area (Å²) in [5.74, 6) is -2.34. The lowest BCUT2D eigenvalue weighted by Crippen LogP contribution is -2.30. The lowest BCUT2D eigenvalue weighted by atomic mass is 10.1. The molecule has 3 N–H and O–H groups in total. The van der Waals surface area contributed by atoms with E-state index in [-0.39, 0.29) is 34.5 Å². The monoisotopic (exact) mass is 449 g/mol. The number of rotatable bonds is 6. The standard InChI is InChI=1S/C20H23N3O7S/c1-19(2,3)30-17(26)11-7-6-10(14-15(11)29-20(4,5)28-14)8-27-23-13(16(24)25)12-9-31-18(21)22-12/h6-7,9H,8H2,1-5H3,(H2,21,22)(H,24,25)/b23-13-. The fourth-order valence-electron chi connectivity index (χ4n) is 2.69. The van der Waals surface area contributed by atoms with E-state index < -0.39 is 23.3 Å². The number of aliphatic carboxylic acids is 1. The van der Waals surface area contributed by atoms with Crippen molar-refractivity contribution in [2.45, 2.75) is 52.6 Å². The molecule has 1 aromatic heterocycles. The molecule has 0 saturated heterocycles. The van der Waals surface area contributed by atoms with Gasteiger partial charge in [-0.05, 0) is 26.8 Å². The van der Waals surface area contributed by atoms with Crippen LogP contribution in [0, 0.1) is 0 Å². The second-order valence-electron chi connectivity index (χ2n) is 8.13. The number of nitrogens with two attached hydrogens (primary N) is 1. The molecule has 1 aliphatic heterocycles. The highest BCUT2D eigenvalue weighted by atomic mass is 32.1. The number of nitrogens with zero attached hydrogens (tertiary/aromatic N) is 2. The van der Waals surface area contributed by atoms with Crippen molar-refractivity contribution in [3.63, 3.8) is 0 Å².